The first-order valence-corrected chi connectivity index (χ1v) is 9.30. The Bertz CT molecular complexity index is 600. The number of carbonyl (C=O) groups excluding carboxylic acids is 4. The fourth-order valence-corrected chi connectivity index (χ4v) is 2.41. The van der Waals surface area contributed by atoms with E-state index >= 15 is 0 Å². The molecule has 4 atom stereocenters. The molecule has 0 spiro atoms. The Hall–Kier alpha value is -2.34. The summed E-state index contributed by atoms with van der Waals surface area (Å²) in [6.45, 7) is 5.06. The largest absolute Gasteiger partial charge is 0.480 e. The predicted molar refractivity (Wildman–Crippen MR) is 104 cm³/mol. The molecule has 0 aromatic rings. The Morgan fingerprint density at radius 1 is 0.929 bits per heavy atom. The molecule has 0 aromatic heterocycles. The van der Waals surface area contributed by atoms with Crippen molar-refractivity contribution in [3.63, 3.8) is 0 Å². The third kappa shape index (κ3) is 9.55. The van der Waals surface area contributed by atoms with Gasteiger partial charge in [0.05, 0.1) is 12.5 Å². The molecule has 0 aliphatic rings. The van der Waals surface area contributed by atoms with E-state index in [1.807, 2.05) is 13.8 Å². The number of nitrogens with one attached hydrogen (secondary N) is 3. The van der Waals surface area contributed by atoms with Crippen molar-refractivity contribution < 1.29 is 29.1 Å². The third-order valence-corrected chi connectivity index (χ3v) is 4.01. The van der Waals surface area contributed by atoms with Gasteiger partial charge in [0.25, 0.3) is 0 Å². The lowest BCUT2D eigenvalue weighted by molar-refractivity contribution is -0.141. The summed E-state index contributed by atoms with van der Waals surface area (Å²) in [6, 6.07) is -4.56. The van der Waals surface area contributed by atoms with Gasteiger partial charge in [-0.2, -0.15) is 12.6 Å². The standard InChI is InChI=1S/C16H29N5O6S/c1-7(2)4-9(17)14(24)20-10(5-12(18)22)15(25)19-8(3)13(23)21-11(6-28)16(26)27/h7-11,28H,4-6,17H2,1-3H3,(H2,18,22)(H,19,25)(H,20,24)(H,21,23)(H,26,27). The van der Waals surface area contributed by atoms with Crippen molar-refractivity contribution >= 4 is 42.2 Å². The molecule has 0 saturated heterocycles. The van der Waals surface area contributed by atoms with Gasteiger partial charge in [0.1, 0.15) is 18.1 Å². The molecular weight excluding hydrogens is 390 g/mol. The van der Waals surface area contributed by atoms with Gasteiger partial charge in [0.2, 0.25) is 23.6 Å². The monoisotopic (exact) mass is 419 g/mol. The summed E-state index contributed by atoms with van der Waals surface area (Å²) in [6.07, 6.45) is -0.120. The maximum Gasteiger partial charge on any atom is 0.327 e. The number of hydrogen-bond acceptors (Lipinski definition) is 7. The molecule has 11 nitrogen and oxygen atoms in total. The molecule has 0 rings (SSSR count). The van der Waals surface area contributed by atoms with Gasteiger partial charge in [0, 0.05) is 5.75 Å². The maximum absolute atomic E-state index is 12.4. The van der Waals surface area contributed by atoms with Crippen LogP contribution in [-0.2, 0) is 24.0 Å². The molecular formula is C16H29N5O6S. The minimum Gasteiger partial charge on any atom is -0.480 e. The van der Waals surface area contributed by atoms with Crippen LogP contribution in [0.2, 0.25) is 0 Å². The van der Waals surface area contributed by atoms with Crippen LogP contribution in [0.1, 0.15) is 33.6 Å². The van der Waals surface area contributed by atoms with Gasteiger partial charge < -0.3 is 32.5 Å². The van der Waals surface area contributed by atoms with Crippen molar-refractivity contribution in [2.45, 2.75) is 57.8 Å². The number of amides is 4. The van der Waals surface area contributed by atoms with Crippen LogP contribution in [0.3, 0.4) is 0 Å². The van der Waals surface area contributed by atoms with Gasteiger partial charge in [-0.1, -0.05) is 13.8 Å². The molecule has 0 heterocycles. The number of thiol groups is 1. The van der Waals surface area contributed by atoms with E-state index in [4.69, 9.17) is 16.6 Å². The Labute approximate surface area is 168 Å². The van der Waals surface area contributed by atoms with E-state index in [0.29, 0.717) is 6.42 Å². The number of carbonyl (C=O) groups is 5. The van der Waals surface area contributed by atoms with Gasteiger partial charge in [-0.15, -0.1) is 0 Å². The van der Waals surface area contributed by atoms with Crippen molar-refractivity contribution in [1.82, 2.24) is 16.0 Å². The van der Waals surface area contributed by atoms with Crippen LogP contribution in [0.25, 0.3) is 0 Å². The number of nitrogens with two attached hydrogens (primary N) is 2. The highest BCUT2D eigenvalue weighted by atomic mass is 32.1. The van der Waals surface area contributed by atoms with E-state index in [1.165, 1.54) is 6.92 Å². The zero-order valence-corrected chi connectivity index (χ0v) is 17.0. The van der Waals surface area contributed by atoms with Crippen LogP contribution in [0.4, 0.5) is 0 Å². The van der Waals surface area contributed by atoms with Crippen LogP contribution in [0.15, 0.2) is 0 Å². The molecule has 28 heavy (non-hydrogen) atoms. The zero-order valence-electron chi connectivity index (χ0n) is 16.1. The SMILES string of the molecule is CC(C)CC(N)C(=O)NC(CC(N)=O)C(=O)NC(C)C(=O)NC(CS)C(=O)O. The highest BCUT2D eigenvalue weighted by Crippen LogP contribution is 2.04. The molecule has 4 amide bonds. The fourth-order valence-electron chi connectivity index (χ4n) is 2.17. The highest BCUT2D eigenvalue weighted by molar-refractivity contribution is 7.80. The molecule has 8 N–H and O–H groups in total. The summed E-state index contributed by atoms with van der Waals surface area (Å²) in [7, 11) is 0. The number of primary amides is 1. The van der Waals surface area contributed by atoms with Crippen molar-refractivity contribution in [2.24, 2.45) is 17.4 Å². The minimum absolute atomic E-state index is 0.141. The Kier molecular flexibility index (Phi) is 11.2. The zero-order chi connectivity index (χ0) is 22.0. The lowest BCUT2D eigenvalue weighted by Crippen LogP contribution is -2.57. The average Bonchev–Trinajstić information content (AvgIpc) is 2.57. The Morgan fingerprint density at radius 3 is 1.89 bits per heavy atom. The molecule has 12 heteroatoms. The van der Waals surface area contributed by atoms with Crippen LogP contribution >= 0.6 is 12.6 Å². The van der Waals surface area contributed by atoms with Crippen LogP contribution in [-0.4, -0.2) is 64.6 Å². The molecule has 0 aliphatic carbocycles. The van der Waals surface area contributed by atoms with Crippen molar-refractivity contribution in [2.75, 3.05) is 5.75 Å². The second-order valence-corrected chi connectivity index (χ2v) is 7.15. The van der Waals surface area contributed by atoms with Gasteiger partial charge in [0.15, 0.2) is 0 Å². The lowest BCUT2D eigenvalue weighted by atomic mass is 10.0. The Morgan fingerprint density at radius 2 is 1.46 bits per heavy atom. The van der Waals surface area contributed by atoms with E-state index in [0.717, 1.165) is 0 Å². The van der Waals surface area contributed by atoms with Gasteiger partial charge in [-0.25, -0.2) is 4.79 Å². The third-order valence-electron chi connectivity index (χ3n) is 3.65. The smallest absolute Gasteiger partial charge is 0.327 e. The van der Waals surface area contributed by atoms with Crippen LogP contribution < -0.4 is 27.4 Å². The molecule has 0 radical (unpaired) electrons. The molecule has 0 aliphatic heterocycles. The topological polar surface area (TPSA) is 194 Å². The fraction of sp³-hybridized carbons (Fsp3) is 0.688. The second kappa shape index (κ2) is 12.2. The van der Waals surface area contributed by atoms with Crippen molar-refractivity contribution in [1.29, 1.82) is 0 Å². The number of rotatable bonds is 12. The predicted octanol–water partition coefficient (Wildman–Crippen LogP) is -2.28. The van der Waals surface area contributed by atoms with Gasteiger partial charge >= 0.3 is 5.97 Å². The summed E-state index contributed by atoms with van der Waals surface area (Å²) in [4.78, 5) is 58.7. The summed E-state index contributed by atoms with van der Waals surface area (Å²) in [5, 5.41) is 15.8. The Balaban J connectivity index is 5.01. The maximum atomic E-state index is 12.4. The average molecular weight is 420 g/mol. The molecule has 0 bridgehead atoms. The van der Waals surface area contributed by atoms with Crippen molar-refractivity contribution in [3.8, 4) is 0 Å². The number of aliphatic carboxylic acids is 1. The lowest BCUT2D eigenvalue weighted by Gasteiger charge is -2.23. The van der Waals surface area contributed by atoms with Crippen LogP contribution in [0, 0.1) is 5.92 Å². The van der Waals surface area contributed by atoms with E-state index in [-0.39, 0.29) is 11.7 Å². The second-order valence-electron chi connectivity index (χ2n) is 6.78. The number of hydrogen-bond donors (Lipinski definition) is 7. The molecule has 160 valence electrons. The van der Waals surface area contributed by atoms with Crippen molar-refractivity contribution in [3.05, 3.63) is 0 Å². The summed E-state index contributed by atoms with van der Waals surface area (Å²) >= 11 is 3.82. The van der Waals surface area contributed by atoms with E-state index in [2.05, 4.69) is 28.6 Å². The normalized spacial score (nSPS) is 15.1. The number of carboxylic acids is 1. The quantitative estimate of drug-likeness (QED) is 0.173. The van der Waals surface area contributed by atoms with Crippen LogP contribution in [0.5, 0.6) is 0 Å². The van der Waals surface area contributed by atoms with Gasteiger partial charge in [-0.3, -0.25) is 19.2 Å². The van der Waals surface area contributed by atoms with E-state index in [9.17, 15) is 24.0 Å². The summed E-state index contributed by atoms with van der Waals surface area (Å²) in [5.74, 6) is -4.35. The first kappa shape index (κ1) is 25.7. The molecule has 0 saturated carbocycles. The highest BCUT2D eigenvalue weighted by Gasteiger charge is 2.29. The first-order valence-electron chi connectivity index (χ1n) is 8.67. The van der Waals surface area contributed by atoms with E-state index in [1.54, 1.807) is 0 Å². The summed E-state index contributed by atoms with van der Waals surface area (Å²) in [5.41, 5.74) is 10.9. The minimum atomic E-state index is -1.32. The van der Waals surface area contributed by atoms with E-state index < -0.39 is 60.2 Å². The molecule has 4 unspecified atom stereocenters. The first-order chi connectivity index (χ1) is 12.9. The van der Waals surface area contributed by atoms with Gasteiger partial charge in [-0.05, 0) is 19.3 Å². The summed E-state index contributed by atoms with van der Waals surface area (Å²) < 4.78 is 0. The molecule has 0 fully saturated rings. The molecule has 0 aromatic carbocycles. The number of carboxylic acid groups (broad SMARTS) is 1.